The van der Waals surface area contributed by atoms with E-state index in [2.05, 4.69) is 23.3 Å². The Morgan fingerprint density at radius 2 is 1.96 bits per heavy atom. The molecule has 118 valence electrons. The Morgan fingerprint density at radius 3 is 2.65 bits per heavy atom. The molecule has 23 heavy (non-hydrogen) atoms. The molecular weight excluding hydrogens is 308 g/mol. The Bertz CT molecular complexity index is 940. The van der Waals surface area contributed by atoms with E-state index in [0.29, 0.717) is 5.39 Å². The minimum atomic E-state index is -0.274. The number of rotatable bonds is 3. The number of aromatic nitrogens is 1. The lowest BCUT2D eigenvalue weighted by atomic mass is 10.1. The molecule has 2 aromatic heterocycles. The summed E-state index contributed by atoms with van der Waals surface area (Å²) in [5.41, 5.74) is 1.15. The third kappa shape index (κ3) is 3.05. The highest BCUT2D eigenvalue weighted by Crippen LogP contribution is 2.26. The number of benzene rings is 1. The van der Waals surface area contributed by atoms with Crippen LogP contribution in [0.3, 0.4) is 0 Å². The van der Waals surface area contributed by atoms with Gasteiger partial charge in [0.2, 0.25) is 0 Å². The summed E-state index contributed by atoms with van der Waals surface area (Å²) in [5.74, 6) is -0.274. The van der Waals surface area contributed by atoms with Crippen LogP contribution in [0.15, 0.2) is 41.2 Å². The predicted octanol–water partition coefficient (Wildman–Crippen LogP) is 3.70. The number of aryl methyl sites for hydroxylation is 2. The molecular formula is C18H18N2O2S. The number of carbonyl (C=O) groups excluding carboxylic acids is 1. The van der Waals surface area contributed by atoms with Gasteiger partial charge in [-0.15, -0.1) is 11.3 Å². The second kappa shape index (κ2) is 6.01. The number of pyridine rings is 1. The summed E-state index contributed by atoms with van der Waals surface area (Å²) in [6.07, 6.45) is 0. The number of hydrogen-bond acceptors (Lipinski definition) is 3. The molecule has 1 atom stereocenters. The van der Waals surface area contributed by atoms with Crippen molar-refractivity contribution in [1.82, 2.24) is 10.3 Å². The lowest BCUT2D eigenvalue weighted by Gasteiger charge is -2.14. The zero-order chi connectivity index (χ0) is 16.6. The topological polar surface area (TPSA) is 62.0 Å². The fourth-order valence-electron chi connectivity index (χ4n) is 2.77. The van der Waals surface area contributed by atoms with E-state index in [0.717, 1.165) is 10.9 Å². The molecule has 0 saturated carbocycles. The Kier molecular flexibility index (Phi) is 4.05. The summed E-state index contributed by atoms with van der Waals surface area (Å²) in [4.78, 5) is 29.6. The molecule has 0 saturated heterocycles. The summed E-state index contributed by atoms with van der Waals surface area (Å²) in [5, 5.41) is 4.30. The number of nitrogens with one attached hydrogen (secondary N) is 2. The number of thiophene rings is 1. The average molecular weight is 326 g/mol. The van der Waals surface area contributed by atoms with Gasteiger partial charge in [-0.05, 0) is 49.9 Å². The Morgan fingerprint density at radius 1 is 1.22 bits per heavy atom. The van der Waals surface area contributed by atoms with Crippen molar-refractivity contribution >= 4 is 28.0 Å². The van der Waals surface area contributed by atoms with Crippen molar-refractivity contribution < 1.29 is 4.79 Å². The zero-order valence-electron chi connectivity index (χ0n) is 13.3. The van der Waals surface area contributed by atoms with Crippen LogP contribution in [0.25, 0.3) is 10.8 Å². The second-order valence-corrected chi connectivity index (χ2v) is 7.12. The number of hydrogen-bond donors (Lipinski definition) is 2. The summed E-state index contributed by atoms with van der Waals surface area (Å²) < 4.78 is 0. The maximum Gasteiger partial charge on any atom is 0.268 e. The van der Waals surface area contributed by atoms with E-state index in [1.54, 1.807) is 29.5 Å². The van der Waals surface area contributed by atoms with E-state index in [1.807, 2.05) is 26.0 Å². The molecule has 0 radical (unpaired) electrons. The van der Waals surface area contributed by atoms with Crippen LogP contribution in [0.4, 0.5) is 0 Å². The SMILES string of the molecule is Cc1cc([C@@H](C)NC(=O)c2cc3ccccc3c(=O)[nH]2)c(C)s1. The van der Waals surface area contributed by atoms with Gasteiger partial charge < -0.3 is 10.3 Å². The standard InChI is InChI=1S/C18H18N2O2S/c1-10-8-15(12(3)23-10)11(2)19-18(22)16-9-13-6-4-5-7-14(13)17(21)20-16/h4-9,11H,1-3H3,(H,19,22)(H,20,21)/t11-/m1/s1. The van der Waals surface area contributed by atoms with Gasteiger partial charge in [0.05, 0.1) is 6.04 Å². The third-order valence-corrected chi connectivity index (χ3v) is 4.87. The lowest BCUT2D eigenvalue weighted by molar-refractivity contribution is 0.0935. The molecule has 5 heteroatoms. The summed E-state index contributed by atoms with van der Waals surface area (Å²) in [6.45, 7) is 6.05. The van der Waals surface area contributed by atoms with Crippen molar-refractivity contribution in [3.8, 4) is 0 Å². The smallest absolute Gasteiger partial charge is 0.268 e. The predicted molar refractivity (Wildman–Crippen MR) is 94.2 cm³/mol. The van der Waals surface area contributed by atoms with Crippen molar-refractivity contribution in [2.75, 3.05) is 0 Å². The highest BCUT2D eigenvalue weighted by atomic mass is 32.1. The number of amides is 1. The van der Waals surface area contributed by atoms with Gasteiger partial charge in [-0.1, -0.05) is 18.2 Å². The molecule has 0 unspecified atom stereocenters. The van der Waals surface area contributed by atoms with Crippen molar-refractivity contribution in [3.63, 3.8) is 0 Å². The van der Waals surface area contributed by atoms with Gasteiger partial charge in [-0.2, -0.15) is 0 Å². The van der Waals surface area contributed by atoms with E-state index < -0.39 is 0 Å². The lowest BCUT2D eigenvalue weighted by Crippen LogP contribution is -2.29. The van der Waals surface area contributed by atoms with Crippen LogP contribution in [-0.4, -0.2) is 10.9 Å². The average Bonchev–Trinajstić information content (AvgIpc) is 2.86. The van der Waals surface area contributed by atoms with Crippen molar-refractivity contribution in [3.05, 3.63) is 67.8 Å². The second-order valence-electron chi connectivity index (χ2n) is 5.66. The largest absolute Gasteiger partial charge is 0.344 e. The minimum Gasteiger partial charge on any atom is -0.344 e. The van der Waals surface area contributed by atoms with E-state index in [4.69, 9.17) is 0 Å². The molecule has 0 fully saturated rings. The zero-order valence-corrected chi connectivity index (χ0v) is 14.1. The molecule has 0 aliphatic carbocycles. The fraction of sp³-hybridized carbons (Fsp3) is 0.222. The van der Waals surface area contributed by atoms with Gasteiger partial charge in [-0.25, -0.2) is 0 Å². The molecule has 3 aromatic rings. The number of H-pyrrole nitrogens is 1. The minimum absolute atomic E-state index is 0.109. The Balaban J connectivity index is 1.89. The Hall–Kier alpha value is -2.40. The molecule has 1 aromatic carbocycles. The maximum absolute atomic E-state index is 12.5. The van der Waals surface area contributed by atoms with Crippen LogP contribution in [0.2, 0.25) is 0 Å². The van der Waals surface area contributed by atoms with Gasteiger partial charge in [0.25, 0.3) is 11.5 Å². The molecule has 2 N–H and O–H groups in total. The highest BCUT2D eigenvalue weighted by Gasteiger charge is 2.16. The van der Waals surface area contributed by atoms with Crippen LogP contribution >= 0.6 is 11.3 Å². The number of aromatic amines is 1. The summed E-state index contributed by atoms with van der Waals surface area (Å²) >= 11 is 1.72. The molecule has 0 aliphatic heterocycles. The van der Waals surface area contributed by atoms with Gasteiger partial charge in [0.15, 0.2) is 0 Å². The molecule has 2 heterocycles. The fourth-order valence-corrected chi connectivity index (χ4v) is 3.79. The number of carbonyl (C=O) groups is 1. The quantitative estimate of drug-likeness (QED) is 0.771. The van der Waals surface area contributed by atoms with Gasteiger partial charge in [-0.3, -0.25) is 9.59 Å². The van der Waals surface area contributed by atoms with Crippen LogP contribution in [-0.2, 0) is 0 Å². The molecule has 1 amide bonds. The molecule has 0 spiro atoms. The van der Waals surface area contributed by atoms with Gasteiger partial charge in [0, 0.05) is 15.1 Å². The van der Waals surface area contributed by atoms with Crippen LogP contribution in [0, 0.1) is 13.8 Å². The molecule has 3 rings (SSSR count). The monoisotopic (exact) mass is 326 g/mol. The van der Waals surface area contributed by atoms with Crippen molar-refractivity contribution in [2.24, 2.45) is 0 Å². The first-order valence-electron chi connectivity index (χ1n) is 7.45. The van der Waals surface area contributed by atoms with E-state index in [-0.39, 0.29) is 23.2 Å². The normalized spacial score (nSPS) is 12.3. The van der Waals surface area contributed by atoms with Crippen LogP contribution in [0.1, 0.15) is 38.8 Å². The first-order chi connectivity index (χ1) is 11.0. The number of fused-ring (bicyclic) bond motifs is 1. The maximum atomic E-state index is 12.5. The van der Waals surface area contributed by atoms with E-state index in [9.17, 15) is 9.59 Å². The van der Waals surface area contributed by atoms with E-state index in [1.165, 1.54) is 9.75 Å². The summed E-state index contributed by atoms with van der Waals surface area (Å²) in [6, 6.07) is 10.9. The highest BCUT2D eigenvalue weighted by molar-refractivity contribution is 7.12. The molecule has 4 nitrogen and oxygen atoms in total. The first kappa shape index (κ1) is 15.5. The molecule has 0 aliphatic rings. The van der Waals surface area contributed by atoms with Gasteiger partial charge in [0.1, 0.15) is 5.69 Å². The first-order valence-corrected chi connectivity index (χ1v) is 8.27. The Labute approximate surface area is 138 Å². The van der Waals surface area contributed by atoms with Crippen molar-refractivity contribution in [2.45, 2.75) is 26.8 Å². The molecule has 0 bridgehead atoms. The van der Waals surface area contributed by atoms with Crippen LogP contribution < -0.4 is 10.9 Å². The van der Waals surface area contributed by atoms with Gasteiger partial charge >= 0.3 is 0 Å². The summed E-state index contributed by atoms with van der Waals surface area (Å²) in [7, 11) is 0. The van der Waals surface area contributed by atoms with Crippen LogP contribution in [0.5, 0.6) is 0 Å². The third-order valence-electron chi connectivity index (χ3n) is 3.89. The van der Waals surface area contributed by atoms with E-state index >= 15 is 0 Å². The van der Waals surface area contributed by atoms with Crippen molar-refractivity contribution in [1.29, 1.82) is 0 Å².